The second-order valence-electron chi connectivity index (χ2n) is 4.83. The molecular formula is C12H20N6O2. The molecule has 0 unspecified atom stereocenters. The molecule has 0 radical (unpaired) electrons. The predicted octanol–water partition coefficient (Wildman–Crippen LogP) is 0.958. The maximum Gasteiger partial charge on any atom is 0.329 e. The van der Waals surface area contributed by atoms with Crippen molar-refractivity contribution < 1.29 is 4.92 Å². The van der Waals surface area contributed by atoms with Gasteiger partial charge in [0, 0.05) is 26.2 Å². The number of aromatic nitrogens is 2. The molecular weight excluding hydrogens is 260 g/mol. The Bertz CT molecular complexity index is 481. The van der Waals surface area contributed by atoms with Crippen molar-refractivity contribution in [1.82, 2.24) is 14.9 Å². The van der Waals surface area contributed by atoms with E-state index in [2.05, 4.69) is 27.2 Å². The van der Waals surface area contributed by atoms with Gasteiger partial charge in [0.25, 0.3) is 0 Å². The Labute approximate surface area is 118 Å². The third-order valence-corrected chi connectivity index (χ3v) is 3.30. The Morgan fingerprint density at radius 1 is 1.40 bits per heavy atom. The summed E-state index contributed by atoms with van der Waals surface area (Å²) in [5.41, 5.74) is -0.0313. The van der Waals surface area contributed by atoms with Crippen LogP contribution in [0.1, 0.15) is 13.3 Å². The molecule has 1 aliphatic heterocycles. The van der Waals surface area contributed by atoms with Crippen LogP contribution in [0, 0.1) is 10.1 Å². The first-order chi connectivity index (χ1) is 9.61. The molecule has 110 valence electrons. The van der Waals surface area contributed by atoms with Crippen molar-refractivity contribution in [1.29, 1.82) is 0 Å². The van der Waals surface area contributed by atoms with Gasteiger partial charge in [0.2, 0.25) is 11.8 Å². The Balaban J connectivity index is 2.30. The quantitative estimate of drug-likeness (QED) is 0.649. The third kappa shape index (κ3) is 3.32. The second kappa shape index (κ2) is 6.47. The molecule has 0 aliphatic carbocycles. The summed E-state index contributed by atoms with van der Waals surface area (Å²) in [5, 5.41) is 14.1. The zero-order chi connectivity index (χ0) is 14.5. The van der Waals surface area contributed by atoms with Crippen molar-refractivity contribution in [3.05, 3.63) is 16.3 Å². The zero-order valence-corrected chi connectivity index (χ0v) is 11.9. The van der Waals surface area contributed by atoms with E-state index in [9.17, 15) is 10.1 Å². The lowest BCUT2D eigenvalue weighted by atomic mass is 10.3. The summed E-state index contributed by atoms with van der Waals surface area (Å²) >= 11 is 0. The van der Waals surface area contributed by atoms with Crippen molar-refractivity contribution in [2.45, 2.75) is 13.3 Å². The number of hydrogen-bond donors (Lipinski definition) is 1. The highest BCUT2D eigenvalue weighted by atomic mass is 16.6. The Morgan fingerprint density at radius 2 is 2.20 bits per heavy atom. The minimum absolute atomic E-state index is 0.0313. The fourth-order valence-corrected chi connectivity index (χ4v) is 2.23. The Hall–Kier alpha value is -1.96. The normalized spacial score (nSPS) is 16.8. The van der Waals surface area contributed by atoms with Gasteiger partial charge in [-0.15, -0.1) is 0 Å². The van der Waals surface area contributed by atoms with Crippen LogP contribution >= 0.6 is 0 Å². The predicted molar refractivity (Wildman–Crippen MR) is 77.2 cm³/mol. The molecule has 2 heterocycles. The zero-order valence-electron chi connectivity index (χ0n) is 11.9. The molecule has 1 aliphatic rings. The third-order valence-electron chi connectivity index (χ3n) is 3.30. The first-order valence-corrected chi connectivity index (χ1v) is 6.80. The first-order valence-electron chi connectivity index (χ1n) is 6.80. The second-order valence-corrected chi connectivity index (χ2v) is 4.83. The summed E-state index contributed by atoms with van der Waals surface area (Å²) in [6.45, 7) is 5.99. The standard InChI is InChI=1S/C12H20N6O2/c1-3-13-12-14-9-10(18(19)20)11(15-12)17-6-4-5-16(2)7-8-17/h9H,3-8H2,1-2H3,(H,13,14,15). The molecule has 1 N–H and O–H groups in total. The summed E-state index contributed by atoms with van der Waals surface area (Å²) < 4.78 is 0. The molecule has 0 bridgehead atoms. The minimum Gasteiger partial charge on any atom is -0.354 e. The van der Waals surface area contributed by atoms with E-state index in [-0.39, 0.29) is 5.69 Å². The molecule has 1 aromatic rings. The van der Waals surface area contributed by atoms with E-state index < -0.39 is 4.92 Å². The van der Waals surface area contributed by atoms with Crippen LogP contribution in [-0.4, -0.2) is 59.6 Å². The van der Waals surface area contributed by atoms with Gasteiger partial charge in [-0.05, 0) is 26.9 Å². The number of nitro groups is 1. The molecule has 0 amide bonds. The molecule has 1 saturated heterocycles. The lowest BCUT2D eigenvalue weighted by Crippen LogP contribution is -2.30. The van der Waals surface area contributed by atoms with Crippen molar-refractivity contribution >= 4 is 17.5 Å². The molecule has 1 aromatic heterocycles. The SMILES string of the molecule is CCNc1ncc([N+](=O)[O-])c(N2CCCN(C)CC2)n1. The fraction of sp³-hybridized carbons (Fsp3) is 0.667. The van der Waals surface area contributed by atoms with Crippen LogP contribution in [0.5, 0.6) is 0 Å². The highest BCUT2D eigenvalue weighted by Crippen LogP contribution is 2.26. The van der Waals surface area contributed by atoms with Crippen molar-refractivity contribution in [3.63, 3.8) is 0 Å². The maximum atomic E-state index is 11.2. The summed E-state index contributed by atoms with van der Waals surface area (Å²) in [4.78, 5) is 23.2. The average molecular weight is 280 g/mol. The van der Waals surface area contributed by atoms with Gasteiger partial charge in [-0.25, -0.2) is 4.98 Å². The van der Waals surface area contributed by atoms with E-state index in [1.165, 1.54) is 6.20 Å². The molecule has 8 nitrogen and oxygen atoms in total. The number of rotatable bonds is 4. The summed E-state index contributed by atoms with van der Waals surface area (Å²) in [6.07, 6.45) is 2.25. The summed E-state index contributed by atoms with van der Waals surface area (Å²) in [7, 11) is 2.06. The van der Waals surface area contributed by atoms with E-state index in [1.807, 2.05) is 11.8 Å². The van der Waals surface area contributed by atoms with E-state index in [0.717, 1.165) is 32.6 Å². The number of likely N-dealkylation sites (N-methyl/N-ethyl adjacent to an activating group) is 1. The lowest BCUT2D eigenvalue weighted by Gasteiger charge is -2.21. The van der Waals surface area contributed by atoms with Gasteiger partial charge in [-0.2, -0.15) is 4.98 Å². The van der Waals surface area contributed by atoms with Gasteiger partial charge < -0.3 is 15.1 Å². The average Bonchev–Trinajstić information content (AvgIpc) is 2.63. The van der Waals surface area contributed by atoms with Crippen LogP contribution in [0.3, 0.4) is 0 Å². The number of anilines is 2. The molecule has 0 saturated carbocycles. The molecule has 1 fully saturated rings. The highest BCUT2D eigenvalue weighted by molar-refractivity contribution is 5.59. The smallest absolute Gasteiger partial charge is 0.329 e. The van der Waals surface area contributed by atoms with Gasteiger partial charge in [0.1, 0.15) is 6.20 Å². The summed E-state index contributed by atoms with van der Waals surface area (Å²) in [5.74, 6) is 0.849. The minimum atomic E-state index is -0.417. The van der Waals surface area contributed by atoms with Gasteiger partial charge in [-0.1, -0.05) is 0 Å². The highest BCUT2D eigenvalue weighted by Gasteiger charge is 2.24. The number of nitrogens with one attached hydrogen (secondary N) is 1. The molecule has 0 spiro atoms. The maximum absolute atomic E-state index is 11.2. The Morgan fingerprint density at radius 3 is 2.90 bits per heavy atom. The van der Waals surface area contributed by atoms with Gasteiger partial charge in [0.15, 0.2) is 0 Å². The molecule has 0 atom stereocenters. The van der Waals surface area contributed by atoms with Crippen LogP contribution in [-0.2, 0) is 0 Å². The number of nitrogens with zero attached hydrogens (tertiary/aromatic N) is 5. The van der Waals surface area contributed by atoms with Gasteiger partial charge in [0.05, 0.1) is 4.92 Å². The molecule has 20 heavy (non-hydrogen) atoms. The van der Waals surface area contributed by atoms with Crippen LogP contribution in [0.25, 0.3) is 0 Å². The van der Waals surface area contributed by atoms with Gasteiger partial charge in [-0.3, -0.25) is 10.1 Å². The van der Waals surface area contributed by atoms with Crippen molar-refractivity contribution in [2.75, 3.05) is 50.0 Å². The van der Waals surface area contributed by atoms with Crippen LogP contribution < -0.4 is 10.2 Å². The van der Waals surface area contributed by atoms with Crippen LogP contribution in [0.15, 0.2) is 6.20 Å². The Kier molecular flexibility index (Phi) is 4.67. The molecule has 0 aromatic carbocycles. The van der Waals surface area contributed by atoms with E-state index in [0.29, 0.717) is 18.3 Å². The number of hydrogen-bond acceptors (Lipinski definition) is 7. The summed E-state index contributed by atoms with van der Waals surface area (Å²) in [6, 6.07) is 0. The van der Waals surface area contributed by atoms with Crippen LogP contribution in [0.4, 0.5) is 17.5 Å². The van der Waals surface area contributed by atoms with Gasteiger partial charge >= 0.3 is 5.69 Å². The lowest BCUT2D eigenvalue weighted by molar-refractivity contribution is -0.384. The van der Waals surface area contributed by atoms with Crippen LogP contribution in [0.2, 0.25) is 0 Å². The first kappa shape index (κ1) is 14.4. The van der Waals surface area contributed by atoms with E-state index >= 15 is 0 Å². The van der Waals surface area contributed by atoms with E-state index in [4.69, 9.17) is 0 Å². The topological polar surface area (TPSA) is 87.4 Å². The van der Waals surface area contributed by atoms with Crippen molar-refractivity contribution in [2.24, 2.45) is 0 Å². The van der Waals surface area contributed by atoms with Crippen molar-refractivity contribution in [3.8, 4) is 0 Å². The molecule has 2 rings (SSSR count). The molecule has 8 heteroatoms. The fourth-order valence-electron chi connectivity index (χ4n) is 2.23. The largest absolute Gasteiger partial charge is 0.354 e. The van der Waals surface area contributed by atoms with E-state index in [1.54, 1.807) is 0 Å². The monoisotopic (exact) mass is 280 g/mol.